The maximum absolute atomic E-state index is 7.00. The Bertz CT molecular complexity index is 1220. The van der Waals surface area contributed by atoms with Gasteiger partial charge in [0, 0.05) is 31.0 Å². The molecule has 5 rings (SSSR count). The van der Waals surface area contributed by atoms with Gasteiger partial charge in [0.25, 0.3) is 0 Å². The quantitative estimate of drug-likeness (QED) is 0.467. The summed E-state index contributed by atoms with van der Waals surface area (Å²) < 4.78 is 14.1. The van der Waals surface area contributed by atoms with Crippen molar-refractivity contribution in [2.24, 2.45) is 0 Å². The lowest BCUT2D eigenvalue weighted by Crippen LogP contribution is -2.18. The van der Waals surface area contributed by atoms with Gasteiger partial charge in [-0.1, -0.05) is 23.2 Å². The molecule has 0 bridgehead atoms. The number of aromatic nitrogens is 4. The summed E-state index contributed by atoms with van der Waals surface area (Å²) >= 11 is 12.2. The third-order valence-corrected chi connectivity index (χ3v) is 5.89. The van der Waals surface area contributed by atoms with Gasteiger partial charge in [0.15, 0.2) is 0 Å². The number of rotatable bonds is 4. The third-order valence-electron chi connectivity index (χ3n) is 5.10. The first-order chi connectivity index (χ1) is 15.1. The maximum Gasteiger partial charge on any atom is 0.147 e. The highest BCUT2D eigenvalue weighted by molar-refractivity contribution is 6.45. The van der Waals surface area contributed by atoms with Crippen LogP contribution in [0.25, 0.3) is 21.9 Å². The fraction of sp³-hybridized carbons (Fsp3) is 0.286. The molecule has 4 aromatic rings. The van der Waals surface area contributed by atoms with E-state index in [4.69, 9.17) is 43.5 Å². The summed E-state index contributed by atoms with van der Waals surface area (Å²) in [5.41, 5.74) is 7.43. The molecule has 162 valence electrons. The second kappa shape index (κ2) is 9.23. The monoisotopic (exact) mass is 461 g/mol. The molecule has 0 aliphatic carbocycles. The Labute approximate surface area is 188 Å². The molecule has 1 fully saturated rings. The number of benzene rings is 1. The summed E-state index contributed by atoms with van der Waals surface area (Å²) in [6.45, 7) is 0.444. The molecule has 31 heavy (non-hydrogen) atoms. The van der Waals surface area contributed by atoms with Crippen molar-refractivity contribution in [2.45, 2.75) is 25.2 Å². The van der Waals surface area contributed by atoms with Gasteiger partial charge in [-0.3, -0.25) is 4.98 Å². The lowest BCUT2D eigenvalue weighted by Gasteiger charge is -2.16. The van der Waals surface area contributed by atoms with Gasteiger partial charge in [-0.25, -0.2) is 9.97 Å². The van der Waals surface area contributed by atoms with Crippen LogP contribution >= 0.6 is 23.2 Å². The van der Waals surface area contributed by atoms with Crippen LogP contribution < -0.4 is 10.5 Å². The summed E-state index contributed by atoms with van der Waals surface area (Å²) in [6.07, 6.45) is 6.58. The van der Waals surface area contributed by atoms with E-state index in [2.05, 4.69) is 15.0 Å². The number of fused-ring (bicyclic) bond motifs is 2. The number of ether oxygens (including phenoxy) is 2. The molecule has 0 saturated carbocycles. The molecule has 3 N–H and O–H groups in total. The van der Waals surface area contributed by atoms with Crippen LogP contribution in [-0.2, 0) is 4.74 Å². The molecule has 0 amide bonds. The lowest BCUT2D eigenvalue weighted by molar-refractivity contribution is -0.0156. The molecule has 0 unspecified atom stereocenters. The number of aliphatic hydroxyl groups is 1. The van der Waals surface area contributed by atoms with Crippen molar-refractivity contribution in [1.82, 2.24) is 19.5 Å². The largest absolute Gasteiger partial charge is 0.491 e. The first kappa shape index (κ1) is 21.6. The van der Waals surface area contributed by atoms with Gasteiger partial charge in [-0.2, -0.15) is 0 Å². The number of pyridine rings is 1. The molecule has 0 spiro atoms. The highest BCUT2D eigenvalue weighted by Gasteiger charge is 2.28. The second-order valence-corrected chi connectivity index (χ2v) is 7.70. The third kappa shape index (κ3) is 4.24. The van der Waals surface area contributed by atoms with E-state index < -0.39 is 0 Å². The minimum absolute atomic E-state index is 0.0194. The average molecular weight is 462 g/mol. The van der Waals surface area contributed by atoms with Crippen molar-refractivity contribution in [3.63, 3.8) is 0 Å². The van der Waals surface area contributed by atoms with Crippen LogP contribution in [0.1, 0.15) is 19.1 Å². The highest BCUT2D eigenvalue weighted by Crippen LogP contribution is 2.33. The van der Waals surface area contributed by atoms with E-state index in [9.17, 15) is 0 Å². The predicted octanol–water partition coefficient (Wildman–Crippen LogP) is 4.23. The molecule has 8 nitrogen and oxygen atoms in total. The maximum atomic E-state index is 7.00. The zero-order chi connectivity index (χ0) is 22.0. The molecule has 4 heterocycles. The Hall–Kier alpha value is -2.65. The van der Waals surface area contributed by atoms with Gasteiger partial charge in [0.05, 0.1) is 27.1 Å². The van der Waals surface area contributed by atoms with Crippen LogP contribution in [0, 0.1) is 0 Å². The average Bonchev–Trinajstić information content (AvgIpc) is 3.44. The van der Waals surface area contributed by atoms with Crippen molar-refractivity contribution >= 4 is 51.0 Å². The van der Waals surface area contributed by atoms with Crippen LogP contribution in [0.15, 0.2) is 43.0 Å². The number of hydrogen-bond acceptors (Lipinski definition) is 7. The van der Waals surface area contributed by atoms with E-state index in [1.54, 1.807) is 6.20 Å². The van der Waals surface area contributed by atoms with Crippen molar-refractivity contribution in [1.29, 1.82) is 0 Å². The molecular weight excluding hydrogens is 441 g/mol. The number of halogens is 2. The summed E-state index contributed by atoms with van der Waals surface area (Å²) in [6, 6.07) is 7.48. The van der Waals surface area contributed by atoms with Gasteiger partial charge in [0.2, 0.25) is 0 Å². The fourth-order valence-electron chi connectivity index (χ4n) is 3.63. The van der Waals surface area contributed by atoms with Crippen molar-refractivity contribution in [3.8, 4) is 5.75 Å². The number of nitrogen functional groups attached to an aromatic ring is 1. The van der Waals surface area contributed by atoms with Crippen LogP contribution in [0.5, 0.6) is 5.75 Å². The molecule has 1 aromatic carbocycles. The fourth-order valence-corrected chi connectivity index (χ4v) is 3.99. The summed E-state index contributed by atoms with van der Waals surface area (Å²) in [5.74, 6) is 1.18. The van der Waals surface area contributed by atoms with Crippen molar-refractivity contribution < 1.29 is 14.6 Å². The standard InChI is InChI=1S/C20H17Cl2N5O2.CH4O/c21-15-8-24-16-7-11(1-3-13(16)18(15)22)28-9-12-2-4-17(29-12)27-6-5-14-19(23)25-10-26-20(14)27;1-2/h1,3,5-8,10,12,17H,2,4,9H2,(H2,23,25,26);2H,1H3/t12-,17+;/m0./s1. The van der Waals surface area contributed by atoms with Gasteiger partial charge in [-0.15, -0.1) is 0 Å². The molecule has 3 aromatic heterocycles. The van der Waals surface area contributed by atoms with Crippen LogP contribution in [0.3, 0.4) is 0 Å². The van der Waals surface area contributed by atoms with Crippen molar-refractivity contribution in [2.75, 3.05) is 19.5 Å². The number of aliphatic hydroxyl groups excluding tert-OH is 1. The Balaban J connectivity index is 0.00000112. The minimum Gasteiger partial charge on any atom is -0.491 e. The number of nitrogens with two attached hydrogens (primary N) is 1. The van der Waals surface area contributed by atoms with Gasteiger partial charge >= 0.3 is 0 Å². The number of hydrogen-bond donors (Lipinski definition) is 2. The van der Waals surface area contributed by atoms with Crippen LogP contribution in [0.4, 0.5) is 5.82 Å². The Morgan fingerprint density at radius 3 is 2.84 bits per heavy atom. The zero-order valence-electron chi connectivity index (χ0n) is 16.7. The molecule has 1 aliphatic rings. The molecule has 1 saturated heterocycles. The van der Waals surface area contributed by atoms with Gasteiger partial charge < -0.3 is 24.9 Å². The van der Waals surface area contributed by atoms with E-state index in [-0.39, 0.29) is 12.3 Å². The molecule has 0 radical (unpaired) electrons. The number of anilines is 1. The van der Waals surface area contributed by atoms with Crippen molar-refractivity contribution in [3.05, 3.63) is 53.0 Å². The summed E-state index contributed by atoms with van der Waals surface area (Å²) in [5, 5.41) is 9.55. The first-order valence-corrected chi connectivity index (χ1v) is 10.4. The summed E-state index contributed by atoms with van der Waals surface area (Å²) in [7, 11) is 1.00. The molecule has 1 aliphatic heterocycles. The topological polar surface area (TPSA) is 108 Å². The second-order valence-electron chi connectivity index (χ2n) is 6.92. The van der Waals surface area contributed by atoms with Gasteiger partial charge in [0.1, 0.15) is 36.4 Å². The molecule has 2 atom stereocenters. The highest BCUT2D eigenvalue weighted by atomic mass is 35.5. The minimum atomic E-state index is -0.102. The van der Waals surface area contributed by atoms with Crippen LogP contribution in [-0.4, -0.2) is 44.4 Å². The van der Waals surface area contributed by atoms with Gasteiger partial charge in [-0.05, 0) is 31.0 Å². The van der Waals surface area contributed by atoms with E-state index >= 15 is 0 Å². The molecule has 10 heteroatoms. The number of nitrogens with zero attached hydrogens (tertiary/aromatic N) is 4. The lowest BCUT2D eigenvalue weighted by atomic mass is 10.2. The smallest absolute Gasteiger partial charge is 0.147 e. The Morgan fingerprint density at radius 2 is 2.00 bits per heavy atom. The predicted molar refractivity (Wildman–Crippen MR) is 120 cm³/mol. The van der Waals surface area contributed by atoms with E-state index in [0.717, 1.165) is 41.9 Å². The zero-order valence-corrected chi connectivity index (χ0v) is 18.2. The Kier molecular flexibility index (Phi) is 6.43. The van der Waals surface area contributed by atoms with E-state index in [1.165, 1.54) is 6.33 Å². The Morgan fingerprint density at radius 1 is 1.16 bits per heavy atom. The summed E-state index contributed by atoms with van der Waals surface area (Å²) in [4.78, 5) is 12.7. The molecular formula is C21H21Cl2N5O3. The SMILES string of the molecule is CO.Nc1ncnc2c1ccn2[C@H]1CC[C@@H](COc2ccc3c(Cl)c(Cl)cnc3c2)O1. The first-order valence-electron chi connectivity index (χ1n) is 9.64. The van der Waals surface area contributed by atoms with E-state index in [1.807, 2.05) is 35.0 Å². The van der Waals surface area contributed by atoms with E-state index in [0.29, 0.717) is 28.2 Å². The van der Waals surface area contributed by atoms with Crippen LogP contribution in [0.2, 0.25) is 10.0 Å². The normalized spacial score (nSPS) is 18.2.